The van der Waals surface area contributed by atoms with Gasteiger partial charge in [0.2, 0.25) is 0 Å². The summed E-state index contributed by atoms with van der Waals surface area (Å²) in [5.74, 6) is -0.252. The van der Waals surface area contributed by atoms with Crippen molar-refractivity contribution in [3.05, 3.63) is 58.3 Å². The molecule has 0 radical (unpaired) electrons. The quantitative estimate of drug-likeness (QED) is 0.872. The Bertz CT molecular complexity index is 792. The van der Waals surface area contributed by atoms with Gasteiger partial charge < -0.3 is 5.32 Å². The molecule has 110 valence electrons. The lowest BCUT2D eigenvalue weighted by Crippen LogP contribution is -2.24. The fraction of sp³-hybridized carbons (Fsp3) is 0.200. The van der Waals surface area contributed by atoms with Gasteiger partial charge in [-0.25, -0.2) is 12.8 Å². The minimum Gasteiger partial charge on any atom is -0.378 e. The van der Waals surface area contributed by atoms with Crippen LogP contribution in [0.3, 0.4) is 0 Å². The Morgan fingerprint density at radius 1 is 1.19 bits per heavy atom. The van der Waals surface area contributed by atoms with Crippen LogP contribution < -0.4 is 5.32 Å². The van der Waals surface area contributed by atoms with E-state index in [0.29, 0.717) is 21.5 Å². The van der Waals surface area contributed by atoms with Gasteiger partial charge in [0.05, 0.1) is 21.2 Å². The van der Waals surface area contributed by atoms with Crippen LogP contribution in [-0.4, -0.2) is 14.2 Å². The second-order valence-corrected chi connectivity index (χ2v) is 7.90. The SMILES string of the molecule is O=S1(=O)CCC(Nc2ccc(Br)c(F)c2)c2ccccc21. The first kappa shape index (κ1) is 14.5. The zero-order valence-electron chi connectivity index (χ0n) is 11.0. The molecule has 1 aliphatic heterocycles. The molecule has 0 aliphatic carbocycles. The summed E-state index contributed by atoms with van der Waals surface area (Å²) >= 11 is 3.11. The third kappa shape index (κ3) is 2.82. The zero-order chi connectivity index (χ0) is 15.0. The van der Waals surface area contributed by atoms with E-state index < -0.39 is 9.84 Å². The highest BCUT2D eigenvalue weighted by Gasteiger charge is 2.29. The van der Waals surface area contributed by atoms with Crippen LogP contribution in [0.1, 0.15) is 18.0 Å². The van der Waals surface area contributed by atoms with Gasteiger partial charge in [0.15, 0.2) is 9.84 Å². The largest absolute Gasteiger partial charge is 0.378 e. The molecule has 0 amide bonds. The summed E-state index contributed by atoms with van der Waals surface area (Å²) in [6, 6.07) is 11.6. The van der Waals surface area contributed by atoms with Gasteiger partial charge in [-0.15, -0.1) is 0 Å². The normalized spacial score (nSPS) is 19.8. The molecule has 1 unspecified atom stereocenters. The average Bonchev–Trinajstić information content (AvgIpc) is 2.46. The molecule has 1 heterocycles. The maximum absolute atomic E-state index is 13.6. The number of halogens is 2. The second-order valence-electron chi connectivity index (χ2n) is 4.97. The number of anilines is 1. The Kier molecular flexibility index (Phi) is 3.75. The maximum atomic E-state index is 13.6. The molecule has 0 spiro atoms. The predicted molar refractivity (Wildman–Crippen MR) is 83.6 cm³/mol. The van der Waals surface area contributed by atoms with E-state index in [0.717, 1.165) is 5.56 Å². The fourth-order valence-electron chi connectivity index (χ4n) is 2.53. The molecule has 3 nitrogen and oxygen atoms in total. The first-order valence-corrected chi connectivity index (χ1v) is 8.95. The van der Waals surface area contributed by atoms with Gasteiger partial charge in [-0.2, -0.15) is 0 Å². The summed E-state index contributed by atoms with van der Waals surface area (Å²) in [5.41, 5.74) is 1.38. The Labute approximate surface area is 131 Å². The number of sulfone groups is 1. The van der Waals surface area contributed by atoms with Crippen molar-refractivity contribution in [2.75, 3.05) is 11.1 Å². The summed E-state index contributed by atoms with van der Waals surface area (Å²) < 4.78 is 38.1. The van der Waals surface area contributed by atoms with Gasteiger partial charge in [-0.05, 0) is 52.2 Å². The van der Waals surface area contributed by atoms with Gasteiger partial charge in [-0.3, -0.25) is 0 Å². The molecular formula is C15H13BrFNO2S. The third-order valence-electron chi connectivity index (χ3n) is 3.57. The number of benzene rings is 2. The van der Waals surface area contributed by atoms with Crippen LogP contribution in [0.25, 0.3) is 0 Å². The fourth-order valence-corrected chi connectivity index (χ4v) is 4.39. The lowest BCUT2D eigenvalue weighted by Gasteiger charge is -2.27. The third-order valence-corrected chi connectivity index (χ3v) is 6.02. The van der Waals surface area contributed by atoms with Crippen molar-refractivity contribution < 1.29 is 12.8 Å². The minimum atomic E-state index is -3.20. The van der Waals surface area contributed by atoms with Gasteiger partial charge in [0.25, 0.3) is 0 Å². The van der Waals surface area contributed by atoms with Crippen molar-refractivity contribution in [3.8, 4) is 0 Å². The van der Waals surface area contributed by atoms with Crippen molar-refractivity contribution in [1.29, 1.82) is 0 Å². The zero-order valence-corrected chi connectivity index (χ0v) is 13.4. The molecule has 0 saturated heterocycles. The van der Waals surface area contributed by atoms with E-state index in [2.05, 4.69) is 21.2 Å². The number of nitrogens with one attached hydrogen (secondary N) is 1. The average molecular weight is 370 g/mol. The van der Waals surface area contributed by atoms with E-state index in [1.807, 2.05) is 6.07 Å². The molecular weight excluding hydrogens is 357 g/mol. The maximum Gasteiger partial charge on any atom is 0.178 e. The monoisotopic (exact) mass is 369 g/mol. The molecule has 0 bridgehead atoms. The molecule has 2 aromatic rings. The topological polar surface area (TPSA) is 46.2 Å². The smallest absolute Gasteiger partial charge is 0.178 e. The van der Waals surface area contributed by atoms with Crippen molar-refractivity contribution in [2.45, 2.75) is 17.4 Å². The van der Waals surface area contributed by atoms with Crippen molar-refractivity contribution in [3.63, 3.8) is 0 Å². The van der Waals surface area contributed by atoms with Crippen LogP contribution in [-0.2, 0) is 9.84 Å². The van der Waals surface area contributed by atoms with E-state index in [1.54, 1.807) is 30.3 Å². The Balaban J connectivity index is 1.95. The van der Waals surface area contributed by atoms with E-state index in [-0.39, 0.29) is 17.6 Å². The number of hydrogen-bond acceptors (Lipinski definition) is 3. The number of rotatable bonds is 2. The summed E-state index contributed by atoms with van der Waals surface area (Å²) in [4.78, 5) is 0.367. The highest BCUT2D eigenvalue weighted by Crippen LogP contribution is 2.34. The van der Waals surface area contributed by atoms with E-state index in [4.69, 9.17) is 0 Å². The Hall–Kier alpha value is -1.40. The van der Waals surface area contributed by atoms with Crippen LogP contribution >= 0.6 is 15.9 Å². The van der Waals surface area contributed by atoms with Crippen LogP contribution in [0.5, 0.6) is 0 Å². The first-order valence-electron chi connectivity index (χ1n) is 6.51. The molecule has 1 N–H and O–H groups in total. The summed E-state index contributed by atoms with van der Waals surface area (Å²) in [7, 11) is -3.20. The van der Waals surface area contributed by atoms with Gasteiger partial charge in [0.1, 0.15) is 5.82 Å². The van der Waals surface area contributed by atoms with Crippen LogP contribution in [0, 0.1) is 5.82 Å². The van der Waals surface area contributed by atoms with Gasteiger partial charge in [0, 0.05) is 5.69 Å². The van der Waals surface area contributed by atoms with Crippen LogP contribution in [0.15, 0.2) is 51.8 Å². The standard InChI is InChI=1S/C15H13BrFNO2S/c16-12-6-5-10(9-13(12)17)18-14-7-8-21(19,20)15-4-2-1-3-11(14)15/h1-6,9,14,18H,7-8H2. The molecule has 0 fully saturated rings. The highest BCUT2D eigenvalue weighted by molar-refractivity contribution is 9.10. The van der Waals surface area contributed by atoms with Gasteiger partial charge in [-0.1, -0.05) is 18.2 Å². The lowest BCUT2D eigenvalue weighted by molar-refractivity contribution is 0.575. The molecule has 2 aromatic carbocycles. The minimum absolute atomic E-state index is 0.0979. The van der Waals surface area contributed by atoms with E-state index in [9.17, 15) is 12.8 Å². The van der Waals surface area contributed by atoms with Crippen molar-refractivity contribution in [1.82, 2.24) is 0 Å². The first-order chi connectivity index (χ1) is 9.97. The Morgan fingerprint density at radius 2 is 1.95 bits per heavy atom. The van der Waals surface area contributed by atoms with Crippen molar-refractivity contribution in [2.24, 2.45) is 0 Å². The molecule has 21 heavy (non-hydrogen) atoms. The lowest BCUT2D eigenvalue weighted by atomic mass is 10.0. The molecule has 3 rings (SSSR count). The number of fused-ring (bicyclic) bond motifs is 1. The predicted octanol–water partition coefficient (Wildman–Crippen LogP) is 3.92. The molecule has 0 saturated carbocycles. The van der Waals surface area contributed by atoms with Crippen LogP contribution in [0.4, 0.5) is 10.1 Å². The summed E-state index contributed by atoms with van der Waals surface area (Å²) in [5, 5.41) is 3.22. The van der Waals surface area contributed by atoms with Crippen molar-refractivity contribution >= 4 is 31.5 Å². The van der Waals surface area contributed by atoms with E-state index in [1.165, 1.54) is 6.07 Å². The van der Waals surface area contributed by atoms with Gasteiger partial charge >= 0.3 is 0 Å². The van der Waals surface area contributed by atoms with E-state index >= 15 is 0 Å². The molecule has 0 aromatic heterocycles. The molecule has 1 aliphatic rings. The second kappa shape index (κ2) is 5.42. The highest BCUT2D eigenvalue weighted by atomic mass is 79.9. The van der Waals surface area contributed by atoms with Crippen LogP contribution in [0.2, 0.25) is 0 Å². The molecule has 1 atom stereocenters. The summed E-state index contributed by atoms with van der Waals surface area (Å²) in [6.45, 7) is 0. The number of hydrogen-bond donors (Lipinski definition) is 1. The molecule has 6 heteroatoms. The Morgan fingerprint density at radius 3 is 2.71 bits per heavy atom. The summed E-state index contributed by atoms with van der Waals surface area (Å²) in [6.07, 6.45) is 0.469.